The van der Waals surface area contributed by atoms with Crippen LogP contribution in [0.4, 0.5) is 0 Å². The smallest absolute Gasteiger partial charge is 0.302 e. The van der Waals surface area contributed by atoms with Gasteiger partial charge in [-0.1, -0.05) is 43.7 Å². The monoisotopic (exact) mass is 468 g/mol. The molecule has 0 N–H and O–H groups in total. The van der Waals surface area contributed by atoms with Crippen LogP contribution in [0.2, 0.25) is 0 Å². The summed E-state index contributed by atoms with van der Waals surface area (Å²) in [6, 6.07) is 10.5. The average Bonchev–Trinajstić information content (AvgIpc) is 3.15. The van der Waals surface area contributed by atoms with Gasteiger partial charge in [-0.3, -0.25) is 4.79 Å². The van der Waals surface area contributed by atoms with E-state index in [1.165, 1.54) is 37.0 Å². The SMILES string of the molecule is CC(=O)O[C@H]1CC[C@@]2(C)C(=CC[C@H]3[C@@H]4CC[C@H]([C@H](C)OSc5ccccc5)[C@@]4(C)CC[C@@H]32)C1. The minimum Gasteiger partial charge on any atom is -0.462 e. The maximum Gasteiger partial charge on any atom is 0.302 e. The maximum atomic E-state index is 11.5. The van der Waals surface area contributed by atoms with E-state index in [0.717, 1.165) is 37.0 Å². The fourth-order valence-corrected chi connectivity index (χ4v) is 9.11. The van der Waals surface area contributed by atoms with E-state index < -0.39 is 0 Å². The number of benzene rings is 1. The molecule has 0 spiro atoms. The molecule has 0 aromatic heterocycles. The minimum atomic E-state index is -0.134. The highest BCUT2D eigenvalue weighted by Gasteiger charge is 2.59. The van der Waals surface area contributed by atoms with Crippen molar-refractivity contribution in [3.05, 3.63) is 42.0 Å². The average molecular weight is 469 g/mol. The fraction of sp³-hybridized carbons (Fsp3) is 0.690. The van der Waals surface area contributed by atoms with E-state index in [1.54, 1.807) is 24.5 Å². The lowest BCUT2D eigenvalue weighted by atomic mass is 9.47. The Bertz CT molecular complexity index is 897. The van der Waals surface area contributed by atoms with Crippen molar-refractivity contribution in [1.82, 2.24) is 0 Å². The highest BCUT2D eigenvalue weighted by molar-refractivity contribution is 7.94. The third kappa shape index (κ3) is 4.20. The zero-order valence-corrected chi connectivity index (χ0v) is 21.5. The number of ether oxygens (including phenoxy) is 1. The van der Waals surface area contributed by atoms with E-state index in [2.05, 4.69) is 57.2 Å². The Morgan fingerprint density at radius 3 is 2.61 bits per heavy atom. The van der Waals surface area contributed by atoms with Crippen molar-refractivity contribution in [1.29, 1.82) is 0 Å². The van der Waals surface area contributed by atoms with Gasteiger partial charge in [-0.2, -0.15) is 0 Å². The third-order valence-electron chi connectivity index (χ3n) is 10.1. The molecule has 1 aromatic rings. The van der Waals surface area contributed by atoms with Gasteiger partial charge in [0.2, 0.25) is 0 Å². The second-order valence-corrected chi connectivity index (χ2v) is 12.5. The van der Waals surface area contributed by atoms with Crippen LogP contribution in [-0.2, 0) is 13.7 Å². The van der Waals surface area contributed by atoms with E-state index in [1.807, 2.05) is 0 Å². The van der Waals surface area contributed by atoms with Crippen LogP contribution in [0.15, 0.2) is 46.9 Å². The molecule has 5 rings (SSSR count). The standard InChI is InChI=1S/C29H40O3S/c1-19(32-33-23-8-6-5-7-9-23)25-12-13-26-24-11-10-21-18-22(31-20(2)30)14-16-28(21,3)27(24)15-17-29(25,26)4/h5-10,19,22,24-27H,11-18H2,1-4H3/t19-,22-,24-,25+,26-,27-,28-,29+/m0/s1. The van der Waals surface area contributed by atoms with Gasteiger partial charge in [-0.25, -0.2) is 0 Å². The second kappa shape index (κ2) is 9.07. The molecule has 0 unspecified atom stereocenters. The Kier molecular flexibility index (Phi) is 6.46. The van der Waals surface area contributed by atoms with Gasteiger partial charge in [-0.05, 0) is 98.5 Å². The number of rotatable bonds is 5. The summed E-state index contributed by atoms with van der Waals surface area (Å²) in [6.45, 7) is 8.95. The molecule has 0 saturated heterocycles. The van der Waals surface area contributed by atoms with Gasteiger partial charge in [0.1, 0.15) is 6.10 Å². The van der Waals surface area contributed by atoms with E-state index in [4.69, 9.17) is 8.92 Å². The number of hydrogen-bond donors (Lipinski definition) is 0. The number of allylic oxidation sites excluding steroid dienone is 1. The van der Waals surface area contributed by atoms with Crippen LogP contribution in [0.25, 0.3) is 0 Å². The zero-order valence-electron chi connectivity index (χ0n) is 20.7. The van der Waals surface area contributed by atoms with Crippen molar-refractivity contribution < 1.29 is 13.7 Å². The van der Waals surface area contributed by atoms with E-state index in [-0.39, 0.29) is 18.2 Å². The molecule has 1 aromatic carbocycles. The predicted molar refractivity (Wildman–Crippen MR) is 134 cm³/mol. The molecule has 180 valence electrons. The van der Waals surface area contributed by atoms with Crippen LogP contribution in [0.3, 0.4) is 0 Å². The number of carbonyl (C=O) groups excluding carboxylic acids is 1. The molecule has 3 saturated carbocycles. The largest absolute Gasteiger partial charge is 0.462 e. The summed E-state index contributed by atoms with van der Waals surface area (Å²) in [7, 11) is 0. The molecule has 0 aliphatic heterocycles. The lowest BCUT2D eigenvalue weighted by Gasteiger charge is -2.58. The first-order valence-electron chi connectivity index (χ1n) is 13.1. The van der Waals surface area contributed by atoms with Crippen molar-refractivity contribution in [3.8, 4) is 0 Å². The number of fused-ring (bicyclic) bond motifs is 5. The summed E-state index contributed by atoms with van der Waals surface area (Å²) in [5.41, 5.74) is 2.26. The summed E-state index contributed by atoms with van der Waals surface area (Å²) in [5, 5.41) is 0. The molecule has 0 amide bonds. The molecule has 4 aliphatic carbocycles. The lowest BCUT2D eigenvalue weighted by molar-refractivity contribution is -0.148. The molecule has 0 heterocycles. The van der Waals surface area contributed by atoms with Crippen molar-refractivity contribution in [3.63, 3.8) is 0 Å². The van der Waals surface area contributed by atoms with Crippen LogP contribution in [-0.4, -0.2) is 18.2 Å². The van der Waals surface area contributed by atoms with Gasteiger partial charge in [0.05, 0.1) is 6.10 Å². The van der Waals surface area contributed by atoms with E-state index >= 15 is 0 Å². The second-order valence-electron chi connectivity index (χ2n) is 11.7. The minimum absolute atomic E-state index is 0.0863. The quantitative estimate of drug-likeness (QED) is 0.253. The van der Waals surface area contributed by atoms with Crippen LogP contribution >= 0.6 is 12.0 Å². The van der Waals surface area contributed by atoms with Crippen LogP contribution in [0.5, 0.6) is 0 Å². The number of hydrogen-bond acceptors (Lipinski definition) is 4. The topological polar surface area (TPSA) is 35.5 Å². The van der Waals surface area contributed by atoms with Crippen molar-refractivity contribution in [2.45, 2.75) is 96.2 Å². The summed E-state index contributed by atoms with van der Waals surface area (Å²) < 4.78 is 12.0. The molecular formula is C29H40O3S. The summed E-state index contributed by atoms with van der Waals surface area (Å²) in [6.07, 6.45) is 12.6. The highest BCUT2D eigenvalue weighted by atomic mass is 32.2. The lowest BCUT2D eigenvalue weighted by Crippen LogP contribution is -2.51. The van der Waals surface area contributed by atoms with Gasteiger partial charge >= 0.3 is 5.97 Å². The first kappa shape index (κ1) is 23.5. The molecule has 0 radical (unpaired) electrons. The zero-order chi connectivity index (χ0) is 23.2. The van der Waals surface area contributed by atoms with Gasteiger partial charge in [0.25, 0.3) is 0 Å². The molecule has 3 fully saturated rings. The molecule has 0 bridgehead atoms. The first-order chi connectivity index (χ1) is 15.8. The first-order valence-corrected chi connectivity index (χ1v) is 13.8. The molecule has 3 nitrogen and oxygen atoms in total. The molecule has 4 heteroatoms. The number of esters is 1. The summed E-state index contributed by atoms with van der Waals surface area (Å²) >= 11 is 1.55. The molecular weight excluding hydrogens is 428 g/mol. The molecule has 4 aliphatic rings. The van der Waals surface area contributed by atoms with Crippen molar-refractivity contribution in [2.75, 3.05) is 0 Å². The van der Waals surface area contributed by atoms with Crippen LogP contribution < -0.4 is 0 Å². The Hall–Kier alpha value is -1.26. The van der Waals surface area contributed by atoms with Crippen LogP contribution in [0, 0.1) is 34.5 Å². The van der Waals surface area contributed by atoms with Gasteiger partial charge in [0.15, 0.2) is 0 Å². The van der Waals surface area contributed by atoms with Gasteiger partial charge in [0, 0.05) is 30.3 Å². The Morgan fingerprint density at radius 2 is 1.85 bits per heavy atom. The normalized spacial score (nSPS) is 40.7. The fourth-order valence-electron chi connectivity index (χ4n) is 8.45. The predicted octanol–water partition coefficient (Wildman–Crippen LogP) is 7.61. The van der Waals surface area contributed by atoms with Gasteiger partial charge < -0.3 is 8.92 Å². The Labute approximate surface area is 204 Å². The van der Waals surface area contributed by atoms with Crippen molar-refractivity contribution in [2.24, 2.45) is 34.5 Å². The number of carbonyl (C=O) groups is 1. The van der Waals surface area contributed by atoms with E-state index in [0.29, 0.717) is 16.7 Å². The van der Waals surface area contributed by atoms with Crippen LogP contribution in [0.1, 0.15) is 79.1 Å². The molecule has 33 heavy (non-hydrogen) atoms. The summed E-state index contributed by atoms with van der Waals surface area (Å²) in [5.74, 6) is 2.88. The van der Waals surface area contributed by atoms with E-state index in [9.17, 15) is 4.79 Å². The Balaban J connectivity index is 1.29. The summed E-state index contributed by atoms with van der Waals surface area (Å²) in [4.78, 5) is 12.7. The molecule has 8 atom stereocenters. The van der Waals surface area contributed by atoms with Crippen molar-refractivity contribution >= 4 is 18.0 Å². The highest BCUT2D eigenvalue weighted by Crippen LogP contribution is 2.67. The third-order valence-corrected chi connectivity index (χ3v) is 10.9. The van der Waals surface area contributed by atoms with Gasteiger partial charge in [-0.15, -0.1) is 0 Å². The maximum absolute atomic E-state index is 11.5. The Morgan fingerprint density at radius 1 is 1.06 bits per heavy atom.